The van der Waals surface area contributed by atoms with Crippen LogP contribution in [-0.4, -0.2) is 9.13 Å². The second kappa shape index (κ2) is 9.34. The van der Waals surface area contributed by atoms with Gasteiger partial charge >= 0.3 is 0 Å². The van der Waals surface area contributed by atoms with Crippen LogP contribution in [0, 0.1) is 6.92 Å². The Balaban J connectivity index is 1.40. The summed E-state index contributed by atoms with van der Waals surface area (Å²) in [5, 5.41) is 3.81. The lowest BCUT2D eigenvalue weighted by Crippen LogP contribution is -1.98. The number of hydrogen-bond donors (Lipinski definition) is 0. The van der Waals surface area contributed by atoms with Crippen LogP contribution in [0.25, 0.3) is 61.3 Å². The second-order valence-corrected chi connectivity index (χ2v) is 9.93. The van der Waals surface area contributed by atoms with Crippen LogP contribution in [0.3, 0.4) is 0 Å². The molecule has 0 aliphatic rings. The van der Waals surface area contributed by atoms with E-state index in [0.29, 0.717) is 0 Å². The number of rotatable bonds is 5. The highest BCUT2D eigenvalue weighted by Gasteiger charge is 2.15. The summed E-state index contributed by atoms with van der Waals surface area (Å²) in [5.41, 5.74) is 10.8. The zero-order valence-corrected chi connectivity index (χ0v) is 21.9. The summed E-state index contributed by atoms with van der Waals surface area (Å²) in [6, 6.07) is 43.6. The number of aromatic nitrogens is 2. The number of para-hydroxylation sites is 3. The highest BCUT2D eigenvalue weighted by Crippen LogP contribution is 2.35. The van der Waals surface area contributed by atoms with Crippen LogP contribution in [-0.2, 0) is 0 Å². The highest BCUT2D eigenvalue weighted by atomic mass is 15.0. The van der Waals surface area contributed by atoms with E-state index in [1.807, 2.05) is 12.2 Å². The predicted octanol–water partition coefficient (Wildman–Crippen LogP) is 9.90. The van der Waals surface area contributed by atoms with Crippen molar-refractivity contribution in [3.05, 3.63) is 151 Å². The van der Waals surface area contributed by atoms with Crippen molar-refractivity contribution in [1.29, 1.82) is 0 Å². The van der Waals surface area contributed by atoms with Gasteiger partial charge in [0, 0.05) is 33.2 Å². The lowest BCUT2D eigenvalue weighted by Gasteiger charge is -2.13. The molecule has 0 atom stereocenters. The van der Waals surface area contributed by atoms with Crippen molar-refractivity contribution < 1.29 is 0 Å². The average Bonchev–Trinajstić information content (AvgIpc) is 3.48. The van der Waals surface area contributed by atoms with Gasteiger partial charge in [-0.2, -0.15) is 0 Å². The molecule has 39 heavy (non-hydrogen) atoms. The summed E-state index contributed by atoms with van der Waals surface area (Å²) >= 11 is 0. The monoisotopic (exact) mass is 500 g/mol. The fourth-order valence-electron chi connectivity index (χ4n) is 5.91. The van der Waals surface area contributed by atoms with E-state index in [9.17, 15) is 0 Å². The first-order chi connectivity index (χ1) is 19.2. The molecule has 0 saturated carbocycles. The normalized spacial score (nSPS) is 11.7. The molecule has 2 nitrogen and oxygen atoms in total. The molecule has 0 N–H and O–H groups in total. The second-order valence-electron chi connectivity index (χ2n) is 9.93. The van der Waals surface area contributed by atoms with Crippen molar-refractivity contribution in [2.24, 2.45) is 0 Å². The van der Waals surface area contributed by atoms with Gasteiger partial charge < -0.3 is 9.13 Å². The number of hydrogen-bond acceptors (Lipinski definition) is 0. The van der Waals surface area contributed by atoms with Gasteiger partial charge in [0.1, 0.15) is 0 Å². The van der Waals surface area contributed by atoms with Crippen LogP contribution in [0.4, 0.5) is 0 Å². The third-order valence-corrected chi connectivity index (χ3v) is 7.69. The summed E-state index contributed by atoms with van der Waals surface area (Å²) in [5.74, 6) is 0. The van der Waals surface area contributed by atoms with E-state index >= 15 is 0 Å². The number of fused-ring (bicyclic) bond motifs is 4. The minimum absolute atomic E-state index is 1.14. The Kier molecular flexibility index (Phi) is 5.53. The van der Waals surface area contributed by atoms with E-state index < -0.39 is 0 Å². The van der Waals surface area contributed by atoms with Gasteiger partial charge in [-0.1, -0.05) is 97.6 Å². The lowest BCUT2D eigenvalue weighted by atomic mass is 10.0. The van der Waals surface area contributed by atoms with Gasteiger partial charge in [0.25, 0.3) is 0 Å². The van der Waals surface area contributed by atoms with E-state index in [4.69, 9.17) is 0 Å². The molecule has 0 amide bonds. The minimum Gasteiger partial charge on any atom is -0.310 e. The third-order valence-electron chi connectivity index (χ3n) is 7.69. The fourth-order valence-corrected chi connectivity index (χ4v) is 5.91. The topological polar surface area (TPSA) is 9.86 Å². The molecule has 0 spiro atoms. The maximum Gasteiger partial charge on any atom is 0.0541 e. The summed E-state index contributed by atoms with van der Waals surface area (Å²) in [6.07, 6.45) is 5.99. The Morgan fingerprint density at radius 1 is 0.538 bits per heavy atom. The van der Waals surface area contributed by atoms with Crippen LogP contribution >= 0.6 is 0 Å². The smallest absolute Gasteiger partial charge is 0.0541 e. The Labute approximate surface area is 228 Å². The van der Waals surface area contributed by atoms with E-state index in [0.717, 1.165) is 11.4 Å². The first-order valence-electron chi connectivity index (χ1n) is 13.3. The molecule has 2 heteroatoms. The number of nitrogens with zero attached hydrogens (tertiary/aromatic N) is 2. The number of allylic oxidation sites excluding steroid dienone is 2. The maximum absolute atomic E-state index is 3.88. The molecule has 0 radical (unpaired) electrons. The van der Waals surface area contributed by atoms with Crippen molar-refractivity contribution in [2.45, 2.75) is 6.92 Å². The summed E-state index contributed by atoms with van der Waals surface area (Å²) < 4.78 is 4.73. The molecule has 7 rings (SSSR count). The van der Waals surface area contributed by atoms with Gasteiger partial charge in [0.2, 0.25) is 0 Å². The molecular formula is C37H28N2. The minimum atomic E-state index is 1.14. The molecule has 0 bridgehead atoms. The first kappa shape index (κ1) is 23.1. The number of benzene rings is 5. The summed E-state index contributed by atoms with van der Waals surface area (Å²) in [4.78, 5) is 0. The van der Waals surface area contributed by atoms with Gasteiger partial charge in [-0.3, -0.25) is 0 Å². The maximum atomic E-state index is 3.88. The Hall–Kier alpha value is -5.08. The van der Waals surface area contributed by atoms with Gasteiger partial charge in [-0.15, -0.1) is 0 Å². The summed E-state index contributed by atoms with van der Waals surface area (Å²) in [6.45, 7) is 6.08. The SMILES string of the molecule is C=C/C=C\c1c(C)c2ccccc2n1-c1cccc(-c2cccc(-n3c4ccccc4c4ccccc43)c2)c1. The Morgan fingerprint density at radius 2 is 1.03 bits per heavy atom. The van der Waals surface area contributed by atoms with Gasteiger partial charge in [-0.05, 0) is 72.2 Å². The van der Waals surface area contributed by atoms with Crippen molar-refractivity contribution in [3.63, 3.8) is 0 Å². The molecule has 2 heterocycles. The lowest BCUT2D eigenvalue weighted by molar-refractivity contribution is 1.10. The highest BCUT2D eigenvalue weighted by molar-refractivity contribution is 6.09. The molecule has 5 aromatic carbocycles. The van der Waals surface area contributed by atoms with Crippen molar-refractivity contribution in [1.82, 2.24) is 9.13 Å². The van der Waals surface area contributed by atoms with E-state index in [1.54, 1.807) is 0 Å². The quantitative estimate of drug-likeness (QED) is 0.208. The summed E-state index contributed by atoms with van der Waals surface area (Å²) in [7, 11) is 0. The van der Waals surface area contributed by atoms with E-state index in [-0.39, 0.29) is 0 Å². The zero-order chi connectivity index (χ0) is 26.3. The zero-order valence-electron chi connectivity index (χ0n) is 21.9. The molecule has 0 unspecified atom stereocenters. The molecule has 0 fully saturated rings. The fraction of sp³-hybridized carbons (Fsp3) is 0.0270. The van der Waals surface area contributed by atoms with E-state index in [2.05, 4.69) is 150 Å². The van der Waals surface area contributed by atoms with Gasteiger partial charge in [-0.25, -0.2) is 0 Å². The average molecular weight is 501 g/mol. The molecule has 7 aromatic rings. The molecule has 0 aliphatic carbocycles. The molecule has 186 valence electrons. The van der Waals surface area contributed by atoms with Crippen molar-refractivity contribution in [3.8, 4) is 22.5 Å². The predicted molar refractivity (Wildman–Crippen MR) is 167 cm³/mol. The van der Waals surface area contributed by atoms with Crippen LogP contribution in [0.15, 0.2) is 140 Å². The Morgan fingerprint density at radius 3 is 1.59 bits per heavy atom. The van der Waals surface area contributed by atoms with Crippen LogP contribution in [0.5, 0.6) is 0 Å². The van der Waals surface area contributed by atoms with E-state index in [1.165, 1.54) is 55.1 Å². The van der Waals surface area contributed by atoms with Crippen LogP contribution in [0.1, 0.15) is 11.3 Å². The molecular weight excluding hydrogens is 472 g/mol. The molecule has 0 aliphatic heterocycles. The largest absolute Gasteiger partial charge is 0.310 e. The number of aryl methyl sites for hydroxylation is 1. The van der Waals surface area contributed by atoms with Crippen LogP contribution in [0.2, 0.25) is 0 Å². The molecule has 2 aromatic heterocycles. The van der Waals surface area contributed by atoms with Crippen molar-refractivity contribution >= 4 is 38.8 Å². The third kappa shape index (κ3) is 3.72. The standard InChI is InChI=1S/C37H28N2/c1-3-4-20-34-26(2)31-17-5-8-21-35(31)38(34)29-15-11-13-27(24-29)28-14-12-16-30(25-28)39-36-22-9-6-18-32(36)33-19-7-10-23-37(33)39/h3-25H,1H2,2H3/b20-4-. The van der Waals surface area contributed by atoms with Crippen molar-refractivity contribution in [2.75, 3.05) is 0 Å². The molecule has 0 saturated heterocycles. The first-order valence-corrected chi connectivity index (χ1v) is 13.3. The van der Waals surface area contributed by atoms with Gasteiger partial charge in [0.15, 0.2) is 0 Å². The van der Waals surface area contributed by atoms with Gasteiger partial charge in [0.05, 0.1) is 16.6 Å². The van der Waals surface area contributed by atoms with Crippen LogP contribution < -0.4 is 0 Å². The Bertz CT molecular complexity index is 1990.